The summed E-state index contributed by atoms with van der Waals surface area (Å²) in [5, 5.41) is 9.47. The maximum atomic E-state index is 9.47. The minimum Gasteiger partial charge on any atom is -0.379 e. The van der Waals surface area contributed by atoms with Crippen LogP contribution < -0.4 is 0 Å². The van der Waals surface area contributed by atoms with Crippen molar-refractivity contribution in [3.8, 4) is 0 Å². The molecule has 0 aromatic heterocycles. The molecule has 1 saturated heterocycles. The zero-order valence-electron chi connectivity index (χ0n) is 11.1. The van der Waals surface area contributed by atoms with E-state index >= 15 is 0 Å². The van der Waals surface area contributed by atoms with E-state index in [1.165, 1.54) is 0 Å². The SMILES string of the molecule is CCCCOC[C@H]1OC(O)C[C@@H]1OCCCC. The smallest absolute Gasteiger partial charge is 0.157 e. The van der Waals surface area contributed by atoms with Gasteiger partial charge in [0.1, 0.15) is 6.10 Å². The lowest BCUT2D eigenvalue weighted by Crippen LogP contribution is -2.29. The van der Waals surface area contributed by atoms with E-state index in [2.05, 4.69) is 13.8 Å². The zero-order chi connectivity index (χ0) is 12.5. The average molecular weight is 246 g/mol. The molecule has 0 radical (unpaired) electrons. The minimum absolute atomic E-state index is 0.0156. The molecule has 17 heavy (non-hydrogen) atoms. The molecule has 0 aliphatic carbocycles. The predicted octanol–water partition coefficient (Wildman–Crippen LogP) is 2.10. The Hall–Kier alpha value is -0.160. The summed E-state index contributed by atoms with van der Waals surface area (Å²) in [5.74, 6) is 0. The van der Waals surface area contributed by atoms with Crippen LogP contribution in [0, 0.1) is 0 Å². The van der Waals surface area contributed by atoms with Gasteiger partial charge in [0.25, 0.3) is 0 Å². The van der Waals surface area contributed by atoms with E-state index < -0.39 is 6.29 Å². The molecule has 1 unspecified atom stereocenters. The third-order valence-corrected chi connectivity index (χ3v) is 2.93. The Kier molecular flexibility index (Phi) is 7.77. The molecule has 102 valence electrons. The van der Waals surface area contributed by atoms with Crippen LogP contribution in [0.25, 0.3) is 0 Å². The van der Waals surface area contributed by atoms with Crippen LogP contribution >= 0.6 is 0 Å². The highest BCUT2D eigenvalue weighted by Gasteiger charge is 2.34. The Morgan fingerprint density at radius 2 is 1.88 bits per heavy atom. The number of hydrogen-bond donors (Lipinski definition) is 1. The standard InChI is InChI=1S/C13H26O4/c1-3-5-7-15-10-12-11(9-13(14)17-12)16-8-6-4-2/h11-14H,3-10H2,1-2H3/t11-,12+,13?/m0/s1. The van der Waals surface area contributed by atoms with Crippen molar-refractivity contribution in [3.05, 3.63) is 0 Å². The van der Waals surface area contributed by atoms with Crippen LogP contribution in [0.3, 0.4) is 0 Å². The van der Waals surface area contributed by atoms with E-state index in [9.17, 15) is 5.11 Å². The number of aliphatic hydroxyl groups excluding tert-OH is 1. The Labute approximate surface area is 104 Å². The Balaban J connectivity index is 2.19. The maximum Gasteiger partial charge on any atom is 0.157 e. The number of hydrogen-bond acceptors (Lipinski definition) is 4. The minimum atomic E-state index is -0.693. The summed E-state index contributed by atoms with van der Waals surface area (Å²) in [4.78, 5) is 0. The van der Waals surface area contributed by atoms with Crippen LogP contribution in [0.15, 0.2) is 0 Å². The Bertz CT molecular complexity index is 186. The number of unbranched alkanes of at least 4 members (excludes halogenated alkanes) is 2. The lowest BCUT2D eigenvalue weighted by molar-refractivity contribution is -0.120. The molecule has 3 atom stereocenters. The van der Waals surface area contributed by atoms with Gasteiger partial charge in [0.05, 0.1) is 12.7 Å². The monoisotopic (exact) mass is 246 g/mol. The summed E-state index contributed by atoms with van der Waals surface area (Å²) in [6, 6.07) is 0. The van der Waals surface area contributed by atoms with Crippen molar-refractivity contribution in [2.24, 2.45) is 0 Å². The second-order valence-corrected chi connectivity index (χ2v) is 4.56. The molecule has 1 heterocycles. The second kappa shape index (κ2) is 8.86. The van der Waals surface area contributed by atoms with Crippen molar-refractivity contribution < 1.29 is 19.3 Å². The molecule has 0 bridgehead atoms. The first-order valence-electron chi connectivity index (χ1n) is 6.80. The number of rotatable bonds is 9. The topological polar surface area (TPSA) is 47.9 Å². The maximum absolute atomic E-state index is 9.47. The summed E-state index contributed by atoms with van der Waals surface area (Å²) in [7, 11) is 0. The van der Waals surface area contributed by atoms with Crippen LogP contribution in [0.1, 0.15) is 46.0 Å². The van der Waals surface area contributed by atoms with E-state index in [1.807, 2.05) is 0 Å². The van der Waals surface area contributed by atoms with Gasteiger partial charge in [-0.3, -0.25) is 0 Å². The van der Waals surface area contributed by atoms with E-state index in [0.717, 1.165) is 38.9 Å². The molecular formula is C13H26O4. The molecule has 1 aliphatic heterocycles. The summed E-state index contributed by atoms with van der Waals surface area (Å²) in [6.45, 7) is 6.29. The third-order valence-electron chi connectivity index (χ3n) is 2.93. The molecule has 0 saturated carbocycles. The largest absolute Gasteiger partial charge is 0.379 e. The molecule has 0 aromatic rings. The van der Waals surface area contributed by atoms with Crippen LogP contribution in [0.5, 0.6) is 0 Å². The van der Waals surface area contributed by atoms with E-state index in [0.29, 0.717) is 13.0 Å². The van der Waals surface area contributed by atoms with Crippen LogP contribution in [0.4, 0.5) is 0 Å². The normalized spacial score (nSPS) is 28.8. The van der Waals surface area contributed by atoms with Crippen molar-refractivity contribution in [1.82, 2.24) is 0 Å². The molecule has 0 spiro atoms. The summed E-state index contributed by atoms with van der Waals surface area (Å²) < 4.78 is 16.6. The van der Waals surface area contributed by atoms with Crippen LogP contribution in [-0.2, 0) is 14.2 Å². The van der Waals surface area contributed by atoms with E-state index in [1.54, 1.807) is 0 Å². The van der Waals surface area contributed by atoms with Gasteiger partial charge in [-0.05, 0) is 12.8 Å². The zero-order valence-corrected chi connectivity index (χ0v) is 11.1. The molecule has 4 nitrogen and oxygen atoms in total. The number of ether oxygens (including phenoxy) is 3. The highest BCUT2D eigenvalue weighted by Crippen LogP contribution is 2.22. The average Bonchev–Trinajstić information content (AvgIpc) is 2.66. The van der Waals surface area contributed by atoms with Crippen molar-refractivity contribution in [3.63, 3.8) is 0 Å². The molecule has 1 N–H and O–H groups in total. The van der Waals surface area contributed by atoms with Crippen molar-refractivity contribution in [2.75, 3.05) is 19.8 Å². The van der Waals surface area contributed by atoms with Crippen LogP contribution in [0.2, 0.25) is 0 Å². The van der Waals surface area contributed by atoms with E-state index in [-0.39, 0.29) is 12.2 Å². The lowest BCUT2D eigenvalue weighted by Gasteiger charge is -2.18. The fourth-order valence-electron chi connectivity index (χ4n) is 1.84. The Morgan fingerprint density at radius 3 is 2.59 bits per heavy atom. The molecule has 1 fully saturated rings. The highest BCUT2D eigenvalue weighted by molar-refractivity contribution is 4.79. The molecule has 1 aliphatic rings. The summed E-state index contributed by atoms with van der Waals surface area (Å²) in [5.41, 5.74) is 0. The summed E-state index contributed by atoms with van der Waals surface area (Å²) >= 11 is 0. The van der Waals surface area contributed by atoms with Gasteiger partial charge >= 0.3 is 0 Å². The predicted molar refractivity (Wildman–Crippen MR) is 65.9 cm³/mol. The van der Waals surface area contributed by atoms with Crippen molar-refractivity contribution in [2.45, 2.75) is 64.4 Å². The van der Waals surface area contributed by atoms with Gasteiger partial charge in [0.15, 0.2) is 6.29 Å². The summed E-state index contributed by atoms with van der Waals surface area (Å²) in [6.07, 6.45) is 4.11. The van der Waals surface area contributed by atoms with Gasteiger partial charge in [-0.1, -0.05) is 26.7 Å². The van der Waals surface area contributed by atoms with Gasteiger partial charge < -0.3 is 19.3 Å². The fourth-order valence-corrected chi connectivity index (χ4v) is 1.84. The Morgan fingerprint density at radius 1 is 1.18 bits per heavy atom. The quantitative estimate of drug-likeness (QED) is 0.633. The molecule has 0 aromatic carbocycles. The molecule has 0 amide bonds. The van der Waals surface area contributed by atoms with Crippen molar-refractivity contribution in [1.29, 1.82) is 0 Å². The first-order chi connectivity index (χ1) is 8.27. The first kappa shape index (κ1) is 14.9. The van der Waals surface area contributed by atoms with Gasteiger partial charge in [-0.2, -0.15) is 0 Å². The fraction of sp³-hybridized carbons (Fsp3) is 1.00. The molecule has 4 heteroatoms. The van der Waals surface area contributed by atoms with Gasteiger partial charge in [-0.25, -0.2) is 0 Å². The van der Waals surface area contributed by atoms with Gasteiger partial charge in [0, 0.05) is 19.6 Å². The van der Waals surface area contributed by atoms with Gasteiger partial charge in [0.2, 0.25) is 0 Å². The first-order valence-corrected chi connectivity index (χ1v) is 6.80. The van der Waals surface area contributed by atoms with Crippen LogP contribution in [-0.4, -0.2) is 43.4 Å². The molecule has 1 rings (SSSR count). The third kappa shape index (κ3) is 5.82. The number of aliphatic hydroxyl groups is 1. The molecular weight excluding hydrogens is 220 g/mol. The lowest BCUT2D eigenvalue weighted by atomic mass is 10.2. The van der Waals surface area contributed by atoms with Gasteiger partial charge in [-0.15, -0.1) is 0 Å². The van der Waals surface area contributed by atoms with E-state index in [4.69, 9.17) is 14.2 Å². The van der Waals surface area contributed by atoms with Crippen molar-refractivity contribution >= 4 is 0 Å². The highest BCUT2D eigenvalue weighted by atomic mass is 16.6. The second-order valence-electron chi connectivity index (χ2n) is 4.56.